The number of sulfonamides is 1. The van der Waals surface area contributed by atoms with Gasteiger partial charge in [-0.25, -0.2) is 8.42 Å². The molecule has 0 saturated heterocycles. The lowest BCUT2D eigenvalue weighted by Gasteiger charge is -2.27. The van der Waals surface area contributed by atoms with Gasteiger partial charge in [0.05, 0.1) is 4.90 Å². The molecule has 1 aliphatic rings. The fourth-order valence-electron chi connectivity index (χ4n) is 2.77. The first-order valence-corrected chi connectivity index (χ1v) is 9.88. The van der Waals surface area contributed by atoms with Crippen LogP contribution in [0.2, 0.25) is 0 Å². The van der Waals surface area contributed by atoms with E-state index >= 15 is 0 Å². The van der Waals surface area contributed by atoms with Gasteiger partial charge in [-0.05, 0) is 53.4 Å². The average molecular weight is 425 g/mol. The molecular weight excluding hydrogens is 406 g/mol. The average Bonchev–Trinajstić information content (AvgIpc) is 2.87. The first-order chi connectivity index (χ1) is 9.37. The summed E-state index contributed by atoms with van der Waals surface area (Å²) in [4.78, 5) is 0.351. The van der Waals surface area contributed by atoms with E-state index in [1.165, 1.54) is 0 Å². The SMILES string of the molecule is CCN(C1CCCC1)S(=O)(=O)c1cc(Br)c(C)cc1Br. The molecule has 6 heteroatoms. The zero-order chi connectivity index (χ0) is 14.9. The molecule has 0 bridgehead atoms. The minimum Gasteiger partial charge on any atom is -0.207 e. The van der Waals surface area contributed by atoms with Crippen LogP contribution in [0.4, 0.5) is 0 Å². The molecule has 112 valence electrons. The number of hydrogen-bond donors (Lipinski definition) is 0. The Morgan fingerprint density at radius 3 is 2.35 bits per heavy atom. The predicted octanol–water partition coefficient (Wildman–Crippen LogP) is 4.47. The smallest absolute Gasteiger partial charge is 0.207 e. The third-order valence-electron chi connectivity index (χ3n) is 3.84. The van der Waals surface area contributed by atoms with Crippen LogP contribution in [-0.2, 0) is 10.0 Å². The van der Waals surface area contributed by atoms with Crippen molar-refractivity contribution in [3.8, 4) is 0 Å². The van der Waals surface area contributed by atoms with Gasteiger partial charge in [0.1, 0.15) is 0 Å². The Kier molecular flexibility index (Phi) is 5.32. The van der Waals surface area contributed by atoms with Crippen LogP contribution in [0.1, 0.15) is 38.2 Å². The van der Waals surface area contributed by atoms with Crippen molar-refractivity contribution < 1.29 is 8.42 Å². The summed E-state index contributed by atoms with van der Waals surface area (Å²) >= 11 is 6.82. The third-order valence-corrected chi connectivity index (χ3v) is 7.68. The highest BCUT2D eigenvalue weighted by atomic mass is 79.9. The van der Waals surface area contributed by atoms with Gasteiger partial charge in [-0.1, -0.05) is 35.7 Å². The largest absolute Gasteiger partial charge is 0.244 e. The molecule has 2 rings (SSSR count). The quantitative estimate of drug-likeness (QED) is 0.714. The van der Waals surface area contributed by atoms with Crippen molar-refractivity contribution in [2.45, 2.75) is 50.5 Å². The van der Waals surface area contributed by atoms with E-state index in [2.05, 4.69) is 31.9 Å². The lowest BCUT2D eigenvalue weighted by atomic mass is 10.2. The fourth-order valence-corrected chi connectivity index (χ4v) is 6.10. The summed E-state index contributed by atoms with van der Waals surface area (Å²) in [7, 11) is -3.45. The van der Waals surface area contributed by atoms with E-state index in [9.17, 15) is 8.42 Å². The molecule has 1 aromatic rings. The van der Waals surface area contributed by atoms with Crippen LogP contribution < -0.4 is 0 Å². The molecule has 1 aliphatic carbocycles. The van der Waals surface area contributed by atoms with E-state index in [1.54, 1.807) is 10.4 Å². The zero-order valence-corrected chi connectivity index (χ0v) is 15.7. The maximum Gasteiger partial charge on any atom is 0.244 e. The Balaban J connectivity index is 2.45. The molecular formula is C14H19Br2NO2S. The second kappa shape index (κ2) is 6.46. The number of hydrogen-bond acceptors (Lipinski definition) is 2. The van der Waals surface area contributed by atoms with E-state index in [0.717, 1.165) is 35.7 Å². The Morgan fingerprint density at radius 2 is 1.80 bits per heavy atom. The molecule has 0 unspecified atom stereocenters. The monoisotopic (exact) mass is 423 g/mol. The van der Waals surface area contributed by atoms with E-state index < -0.39 is 10.0 Å². The van der Waals surface area contributed by atoms with Crippen LogP contribution in [0.25, 0.3) is 0 Å². The minimum atomic E-state index is -3.45. The van der Waals surface area contributed by atoms with Crippen molar-refractivity contribution in [1.82, 2.24) is 4.31 Å². The van der Waals surface area contributed by atoms with E-state index in [4.69, 9.17) is 0 Å². The lowest BCUT2D eigenvalue weighted by molar-refractivity contribution is 0.335. The Morgan fingerprint density at radius 1 is 1.20 bits per heavy atom. The standard InChI is InChI=1S/C14H19Br2NO2S/c1-3-17(11-6-4-5-7-11)20(18,19)14-9-12(15)10(2)8-13(14)16/h8-9,11H,3-7H2,1-2H3. The Labute approximate surface area is 138 Å². The first kappa shape index (κ1) is 16.5. The minimum absolute atomic E-state index is 0.150. The summed E-state index contributed by atoms with van der Waals surface area (Å²) in [6.07, 6.45) is 4.18. The molecule has 0 spiro atoms. The van der Waals surface area contributed by atoms with Crippen molar-refractivity contribution in [2.24, 2.45) is 0 Å². The molecule has 20 heavy (non-hydrogen) atoms. The molecule has 1 saturated carbocycles. The first-order valence-electron chi connectivity index (χ1n) is 6.85. The molecule has 0 amide bonds. The molecule has 0 atom stereocenters. The van der Waals surface area contributed by atoms with Gasteiger partial charge < -0.3 is 0 Å². The molecule has 1 fully saturated rings. The van der Waals surface area contributed by atoms with Crippen molar-refractivity contribution in [3.63, 3.8) is 0 Å². The maximum atomic E-state index is 12.9. The van der Waals surface area contributed by atoms with Crippen molar-refractivity contribution in [3.05, 3.63) is 26.6 Å². The van der Waals surface area contributed by atoms with Crippen LogP contribution >= 0.6 is 31.9 Å². The number of rotatable bonds is 4. The fraction of sp³-hybridized carbons (Fsp3) is 0.571. The number of nitrogens with zero attached hydrogens (tertiary/aromatic N) is 1. The van der Waals surface area contributed by atoms with Gasteiger partial charge >= 0.3 is 0 Å². The number of halogens is 2. The Bertz CT molecular complexity index is 595. The summed E-state index contributed by atoms with van der Waals surface area (Å²) in [5.41, 5.74) is 1.01. The maximum absolute atomic E-state index is 12.9. The van der Waals surface area contributed by atoms with E-state index in [1.807, 2.05) is 19.9 Å². The second-order valence-corrected chi connectivity index (χ2v) is 8.75. The van der Waals surface area contributed by atoms with Crippen molar-refractivity contribution in [2.75, 3.05) is 6.54 Å². The van der Waals surface area contributed by atoms with Crippen molar-refractivity contribution >= 4 is 41.9 Å². The van der Waals surface area contributed by atoms with Crippen LogP contribution in [-0.4, -0.2) is 25.3 Å². The highest BCUT2D eigenvalue weighted by Gasteiger charge is 2.33. The summed E-state index contributed by atoms with van der Waals surface area (Å²) in [6, 6.07) is 3.70. The number of benzene rings is 1. The lowest BCUT2D eigenvalue weighted by Crippen LogP contribution is -2.38. The van der Waals surface area contributed by atoms with E-state index in [-0.39, 0.29) is 6.04 Å². The summed E-state index contributed by atoms with van der Waals surface area (Å²) in [5, 5.41) is 0. The second-order valence-electron chi connectivity index (χ2n) is 5.18. The van der Waals surface area contributed by atoms with Crippen LogP contribution in [0.15, 0.2) is 26.0 Å². The molecule has 0 aliphatic heterocycles. The summed E-state index contributed by atoms with van der Waals surface area (Å²) < 4.78 is 28.9. The molecule has 0 aromatic heterocycles. The van der Waals surface area contributed by atoms with Gasteiger partial charge in [0.2, 0.25) is 10.0 Å². The topological polar surface area (TPSA) is 37.4 Å². The van der Waals surface area contributed by atoms with Gasteiger partial charge in [-0.2, -0.15) is 4.31 Å². The van der Waals surface area contributed by atoms with Gasteiger partial charge in [-0.15, -0.1) is 0 Å². The van der Waals surface area contributed by atoms with Gasteiger partial charge in [0.25, 0.3) is 0 Å². The third kappa shape index (κ3) is 3.13. The molecule has 1 aromatic carbocycles. The van der Waals surface area contributed by atoms with Crippen LogP contribution in [0.5, 0.6) is 0 Å². The van der Waals surface area contributed by atoms with Crippen molar-refractivity contribution in [1.29, 1.82) is 0 Å². The summed E-state index contributed by atoms with van der Waals surface area (Å²) in [5.74, 6) is 0. The highest BCUT2D eigenvalue weighted by molar-refractivity contribution is 9.11. The summed E-state index contributed by atoms with van der Waals surface area (Å²) in [6.45, 7) is 4.37. The van der Waals surface area contributed by atoms with Gasteiger partial charge in [0, 0.05) is 21.5 Å². The zero-order valence-electron chi connectivity index (χ0n) is 11.7. The molecule has 3 nitrogen and oxygen atoms in total. The molecule has 0 N–H and O–H groups in total. The van der Waals surface area contributed by atoms with Crippen LogP contribution in [0, 0.1) is 6.92 Å². The normalized spacial score (nSPS) is 17.1. The molecule has 0 heterocycles. The highest BCUT2D eigenvalue weighted by Crippen LogP contribution is 2.34. The van der Waals surface area contributed by atoms with Gasteiger partial charge in [0.15, 0.2) is 0 Å². The van der Waals surface area contributed by atoms with Gasteiger partial charge in [-0.3, -0.25) is 0 Å². The Hall–Kier alpha value is 0.0900. The van der Waals surface area contributed by atoms with Crippen LogP contribution in [0.3, 0.4) is 0 Å². The number of aryl methyl sites for hydroxylation is 1. The molecule has 0 radical (unpaired) electrons. The van der Waals surface area contributed by atoms with E-state index in [0.29, 0.717) is 15.9 Å². The predicted molar refractivity (Wildman–Crippen MR) is 88.4 cm³/mol.